The lowest BCUT2D eigenvalue weighted by Crippen LogP contribution is -2.37. The van der Waals surface area contributed by atoms with Gasteiger partial charge >= 0.3 is 5.97 Å². The number of rotatable bonds is 2. The molecule has 3 rings (SSSR count). The molecule has 4 nitrogen and oxygen atoms in total. The van der Waals surface area contributed by atoms with Crippen LogP contribution in [0, 0.1) is 5.41 Å². The van der Waals surface area contributed by atoms with Crippen LogP contribution in [0.1, 0.15) is 51.5 Å². The van der Waals surface area contributed by atoms with E-state index < -0.39 is 11.4 Å². The van der Waals surface area contributed by atoms with E-state index in [0.717, 1.165) is 24.8 Å². The number of carboxylic acids is 1. The molecule has 1 aliphatic heterocycles. The van der Waals surface area contributed by atoms with Gasteiger partial charge in [-0.3, -0.25) is 4.79 Å². The SMILES string of the molecule is CC1(C)COc2ccc(C3(C(=O)O)CCCCC3)cc2OC1. The molecule has 0 aromatic heterocycles. The van der Waals surface area contributed by atoms with Crippen LogP contribution in [-0.4, -0.2) is 24.3 Å². The highest BCUT2D eigenvalue weighted by Gasteiger charge is 2.42. The van der Waals surface area contributed by atoms with Crippen molar-refractivity contribution in [3.05, 3.63) is 23.8 Å². The van der Waals surface area contributed by atoms with Gasteiger partial charge in [-0.25, -0.2) is 0 Å². The molecule has 1 N–H and O–H groups in total. The zero-order chi connectivity index (χ0) is 15.8. The fourth-order valence-corrected chi connectivity index (χ4v) is 3.41. The summed E-state index contributed by atoms with van der Waals surface area (Å²) in [6.45, 7) is 5.37. The molecule has 1 aliphatic carbocycles. The second kappa shape index (κ2) is 5.49. The Labute approximate surface area is 131 Å². The van der Waals surface area contributed by atoms with E-state index in [-0.39, 0.29) is 5.41 Å². The molecule has 1 fully saturated rings. The standard InChI is InChI=1S/C18H24O4/c1-17(2)11-21-14-7-6-13(10-15(14)22-12-17)18(16(19)20)8-4-3-5-9-18/h6-7,10H,3-5,8-9,11-12H2,1-2H3,(H,19,20). The van der Waals surface area contributed by atoms with Crippen LogP contribution in [0.15, 0.2) is 18.2 Å². The number of hydrogen-bond donors (Lipinski definition) is 1. The van der Waals surface area contributed by atoms with Crippen LogP contribution in [0.5, 0.6) is 11.5 Å². The van der Waals surface area contributed by atoms with Crippen molar-refractivity contribution in [2.45, 2.75) is 51.4 Å². The summed E-state index contributed by atoms with van der Waals surface area (Å²) in [7, 11) is 0. The van der Waals surface area contributed by atoms with E-state index in [0.29, 0.717) is 37.6 Å². The third kappa shape index (κ3) is 2.67. The molecular formula is C18H24O4. The van der Waals surface area contributed by atoms with Gasteiger partial charge in [0.2, 0.25) is 0 Å². The molecule has 4 heteroatoms. The van der Waals surface area contributed by atoms with Gasteiger partial charge in [0.05, 0.1) is 18.6 Å². The van der Waals surface area contributed by atoms with E-state index in [9.17, 15) is 9.90 Å². The van der Waals surface area contributed by atoms with Crippen molar-refractivity contribution in [2.75, 3.05) is 13.2 Å². The fraction of sp³-hybridized carbons (Fsp3) is 0.611. The van der Waals surface area contributed by atoms with Gasteiger partial charge in [-0.2, -0.15) is 0 Å². The van der Waals surface area contributed by atoms with Gasteiger partial charge in [0.25, 0.3) is 0 Å². The van der Waals surface area contributed by atoms with Gasteiger partial charge in [0.15, 0.2) is 11.5 Å². The van der Waals surface area contributed by atoms with Crippen molar-refractivity contribution < 1.29 is 19.4 Å². The van der Waals surface area contributed by atoms with Crippen molar-refractivity contribution in [1.82, 2.24) is 0 Å². The van der Waals surface area contributed by atoms with Crippen LogP contribution in [0.25, 0.3) is 0 Å². The molecule has 22 heavy (non-hydrogen) atoms. The summed E-state index contributed by atoms with van der Waals surface area (Å²) in [5.74, 6) is 0.668. The maximum Gasteiger partial charge on any atom is 0.314 e. The van der Waals surface area contributed by atoms with Crippen LogP contribution >= 0.6 is 0 Å². The molecule has 0 atom stereocenters. The second-order valence-electron chi connectivity index (χ2n) is 7.35. The third-order valence-electron chi connectivity index (χ3n) is 4.85. The summed E-state index contributed by atoms with van der Waals surface area (Å²) in [6, 6.07) is 5.65. The lowest BCUT2D eigenvalue weighted by Gasteiger charge is -2.34. The quantitative estimate of drug-likeness (QED) is 0.903. The molecule has 1 aromatic rings. The van der Waals surface area contributed by atoms with Crippen LogP contribution in [0.2, 0.25) is 0 Å². The van der Waals surface area contributed by atoms with Crippen LogP contribution in [-0.2, 0) is 10.2 Å². The Kier molecular flexibility index (Phi) is 3.79. The molecule has 0 radical (unpaired) electrons. The molecule has 0 amide bonds. The molecule has 1 aromatic carbocycles. The number of hydrogen-bond acceptors (Lipinski definition) is 3. The Bertz CT molecular complexity index is 570. The molecule has 0 unspecified atom stereocenters. The van der Waals surface area contributed by atoms with E-state index in [1.165, 1.54) is 0 Å². The molecule has 0 spiro atoms. The Balaban J connectivity index is 1.96. The largest absolute Gasteiger partial charge is 0.489 e. The lowest BCUT2D eigenvalue weighted by atomic mass is 9.69. The normalized spacial score (nSPS) is 22.6. The topological polar surface area (TPSA) is 55.8 Å². The van der Waals surface area contributed by atoms with Crippen molar-refractivity contribution in [3.63, 3.8) is 0 Å². The van der Waals surface area contributed by atoms with E-state index in [1.807, 2.05) is 18.2 Å². The first-order valence-electron chi connectivity index (χ1n) is 8.07. The number of ether oxygens (including phenoxy) is 2. The predicted molar refractivity (Wildman–Crippen MR) is 83.6 cm³/mol. The van der Waals surface area contributed by atoms with Crippen molar-refractivity contribution >= 4 is 5.97 Å². The minimum atomic E-state index is -0.765. The number of benzene rings is 1. The molecule has 0 bridgehead atoms. The number of fused-ring (bicyclic) bond motifs is 1. The van der Waals surface area contributed by atoms with Crippen LogP contribution in [0.3, 0.4) is 0 Å². The monoisotopic (exact) mass is 304 g/mol. The van der Waals surface area contributed by atoms with E-state index in [2.05, 4.69) is 13.8 Å². The third-order valence-corrected chi connectivity index (χ3v) is 4.85. The highest BCUT2D eigenvalue weighted by Crippen LogP contribution is 2.43. The minimum Gasteiger partial charge on any atom is -0.489 e. The zero-order valence-electron chi connectivity index (χ0n) is 13.4. The second-order valence-corrected chi connectivity index (χ2v) is 7.35. The summed E-state index contributed by atoms with van der Waals surface area (Å²) >= 11 is 0. The highest BCUT2D eigenvalue weighted by atomic mass is 16.5. The summed E-state index contributed by atoms with van der Waals surface area (Å²) in [5, 5.41) is 9.81. The zero-order valence-corrected chi connectivity index (χ0v) is 13.4. The first-order valence-corrected chi connectivity index (χ1v) is 8.07. The lowest BCUT2D eigenvalue weighted by molar-refractivity contribution is -0.145. The summed E-state index contributed by atoms with van der Waals surface area (Å²) < 4.78 is 11.7. The summed E-state index contributed by atoms with van der Waals surface area (Å²) in [4.78, 5) is 11.9. The molecule has 1 heterocycles. The fourth-order valence-electron chi connectivity index (χ4n) is 3.41. The smallest absolute Gasteiger partial charge is 0.314 e. The first-order chi connectivity index (χ1) is 10.4. The number of carboxylic acid groups (broad SMARTS) is 1. The molecule has 2 aliphatic rings. The Morgan fingerprint density at radius 3 is 2.32 bits per heavy atom. The van der Waals surface area contributed by atoms with Crippen molar-refractivity contribution in [2.24, 2.45) is 5.41 Å². The average molecular weight is 304 g/mol. The van der Waals surface area contributed by atoms with Gasteiger partial charge in [-0.15, -0.1) is 0 Å². The van der Waals surface area contributed by atoms with E-state index in [4.69, 9.17) is 9.47 Å². The van der Waals surface area contributed by atoms with Crippen LogP contribution < -0.4 is 9.47 Å². The Morgan fingerprint density at radius 2 is 1.68 bits per heavy atom. The van der Waals surface area contributed by atoms with Gasteiger partial charge < -0.3 is 14.6 Å². The first kappa shape index (κ1) is 15.2. The number of aliphatic carboxylic acids is 1. The van der Waals surface area contributed by atoms with E-state index in [1.54, 1.807) is 0 Å². The van der Waals surface area contributed by atoms with Gasteiger partial charge in [0, 0.05) is 5.41 Å². The van der Waals surface area contributed by atoms with Crippen molar-refractivity contribution in [3.8, 4) is 11.5 Å². The molecule has 120 valence electrons. The summed E-state index contributed by atoms with van der Waals surface area (Å²) in [6.07, 6.45) is 4.45. The molecule has 1 saturated carbocycles. The van der Waals surface area contributed by atoms with E-state index >= 15 is 0 Å². The minimum absolute atomic E-state index is 0.0471. The molecular weight excluding hydrogens is 280 g/mol. The summed E-state index contributed by atoms with van der Waals surface area (Å²) in [5.41, 5.74) is 0.0363. The average Bonchev–Trinajstić information content (AvgIpc) is 2.66. The molecule has 0 saturated heterocycles. The van der Waals surface area contributed by atoms with Crippen molar-refractivity contribution in [1.29, 1.82) is 0 Å². The van der Waals surface area contributed by atoms with Crippen LogP contribution in [0.4, 0.5) is 0 Å². The van der Waals surface area contributed by atoms with Gasteiger partial charge in [0.1, 0.15) is 0 Å². The predicted octanol–water partition coefficient (Wildman–Crippen LogP) is 3.77. The maximum atomic E-state index is 11.9. The maximum absolute atomic E-state index is 11.9. The number of carbonyl (C=O) groups is 1. The Morgan fingerprint density at radius 1 is 1.05 bits per heavy atom. The van der Waals surface area contributed by atoms with Gasteiger partial charge in [-0.05, 0) is 30.5 Å². The Hall–Kier alpha value is -1.71. The highest BCUT2D eigenvalue weighted by molar-refractivity contribution is 5.82. The van der Waals surface area contributed by atoms with Gasteiger partial charge in [-0.1, -0.05) is 39.2 Å².